The largest absolute Gasteiger partial charge is 0.378 e. The number of amides is 3. The Labute approximate surface area is 210 Å². The van der Waals surface area contributed by atoms with Crippen molar-refractivity contribution in [3.8, 4) is 0 Å². The van der Waals surface area contributed by atoms with Gasteiger partial charge in [0.25, 0.3) is 5.91 Å². The van der Waals surface area contributed by atoms with Gasteiger partial charge in [-0.3, -0.25) is 14.4 Å². The summed E-state index contributed by atoms with van der Waals surface area (Å²) < 4.78 is 5.38. The first-order chi connectivity index (χ1) is 16.9. The average molecular weight is 499 g/mol. The number of nitrogens with one attached hydrogen (secondary N) is 1. The fraction of sp³-hybridized carbons (Fsp3) is 0.423. The summed E-state index contributed by atoms with van der Waals surface area (Å²) >= 11 is 5.92. The van der Waals surface area contributed by atoms with Gasteiger partial charge in [0.05, 0.1) is 25.7 Å². The lowest BCUT2D eigenvalue weighted by atomic mass is 9.96. The number of carbonyl (C=O) groups is 3. The molecule has 35 heavy (non-hydrogen) atoms. The molecule has 2 aromatic carbocycles. The zero-order valence-corrected chi connectivity index (χ0v) is 20.7. The third-order valence-electron chi connectivity index (χ3n) is 6.43. The second kappa shape index (κ2) is 11.6. The number of carbonyl (C=O) groups excluding carboxylic acids is 3. The van der Waals surface area contributed by atoms with Crippen molar-refractivity contribution in [1.29, 1.82) is 0 Å². The van der Waals surface area contributed by atoms with Gasteiger partial charge < -0.3 is 24.8 Å². The quantitative estimate of drug-likeness (QED) is 0.661. The Morgan fingerprint density at radius 1 is 1.03 bits per heavy atom. The number of ether oxygens (including phenoxy) is 1. The highest BCUT2D eigenvalue weighted by Gasteiger charge is 2.31. The van der Waals surface area contributed by atoms with Crippen LogP contribution in [-0.4, -0.2) is 80.5 Å². The summed E-state index contributed by atoms with van der Waals surface area (Å²) in [6.07, 6.45) is 1.43. The highest BCUT2D eigenvalue weighted by Crippen LogP contribution is 2.22. The third-order valence-corrected chi connectivity index (χ3v) is 6.69. The molecule has 2 aromatic rings. The van der Waals surface area contributed by atoms with E-state index in [1.54, 1.807) is 36.2 Å². The van der Waals surface area contributed by atoms with Crippen molar-refractivity contribution in [3.63, 3.8) is 0 Å². The molecule has 8 nitrogen and oxygen atoms in total. The van der Waals surface area contributed by atoms with E-state index in [-0.39, 0.29) is 30.2 Å². The van der Waals surface area contributed by atoms with Crippen LogP contribution < -0.4 is 10.2 Å². The van der Waals surface area contributed by atoms with Gasteiger partial charge in [0.2, 0.25) is 11.8 Å². The van der Waals surface area contributed by atoms with E-state index in [4.69, 9.17) is 16.3 Å². The molecule has 9 heteroatoms. The summed E-state index contributed by atoms with van der Waals surface area (Å²) in [6, 6.07) is 14.4. The summed E-state index contributed by atoms with van der Waals surface area (Å²) in [7, 11) is 1.63. The van der Waals surface area contributed by atoms with E-state index < -0.39 is 0 Å². The Kier molecular flexibility index (Phi) is 8.25. The molecule has 0 saturated carbocycles. The smallest absolute Gasteiger partial charge is 0.253 e. The number of morpholine rings is 1. The van der Waals surface area contributed by atoms with E-state index in [0.717, 1.165) is 25.2 Å². The lowest BCUT2D eigenvalue weighted by molar-refractivity contribution is -0.138. The van der Waals surface area contributed by atoms with Gasteiger partial charge in [-0.1, -0.05) is 11.6 Å². The molecule has 2 heterocycles. The molecule has 2 aliphatic rings. The standard InChI is InChI=1S/C26H31ClN4O4/c1-29(18-24(32)28-22-8-10-23(11-9-22)30-13-15-35-16-14-30)25(33)20-3-2-12-31(17-20)26(34)19-4-6-21(27)7-5-19/h4-11,20H,2-3,12-18H2,1H3,(H,28,32)/t20-/m0/s1. The maximum Gasteiger partial charge on any atom is 0.253 e. The van der Waals surface area contributed by atoms with Gasteiger partial charge in [0, 0.05) is 55.2 Å². The summed E-state index contributed by atoms with van der Waals surface area (Å²) in [4.78, 5) is 43.8. The minimum atomic E-state index is -0.328. The van der Waals surface area contributed by atoms with Crippen LogP contribution in [0.15, 0.2) is 48.5 Å². The molecule has 3 amide bonds. The van der Waals surface area contributed by atoms with Gasteiger partial charge in [-0.05, 0) is 61.4 Å². The number of halogens is 1. The van der Waals surface area contributed by atoms with Crippen LogP contribution in [0.1, 0.15) is 23.2 Å². The molecule has 0 spiro atoms. The monoisotopic (exact) mass is 498 g/mol. The van der Waals surface area contributed by atoms with Gasteiger partial charge in [-0.15, -0.1) is 0 Å². The van der Waals surface area contributed by atoms with Crippen molar-refractivity contribution in [1.82, 2.24) is 9.80 Å². The molecule has 186 valence electrons. The summed E-state index contributed by atoms with van der Waals surface area (Å²) in [5, 5.41) is 3.43. The Balaban J connectivity index is 1.28. The second-order valence-electron chi connectivity index (χ2n) is 8.99. The molecule has 1 atom stereocenters. The van der Waals surface area contributed by atoms with Crippen LogP contribution in [-0.2, 0) is 14.3 Å². The van der Waals surface area contributed by atoms with Crippen LogP contribution in [0, 0.1) is 5.92 Å². The molecular weight excluding hydrogens is 468 g/mol. The number of likely N-dealkylation sites (tertiary alicyclic amines) is 1. The molecule has 0 unspecified atom stereocenters. The molecular formula is C26H31ClN4O4. The number of piperidine rings is 1. The van der Waals surface area contributed by atoms with E-state index in [0.29, 0.717) is 49.0 Å². The van der Waals surface area contributed by atoms with E-state index in [1.165, 1.54) is 4.90 Å². The van der Waals surface area contributed by atoms with E-state index in [2.05, 4.69) is 10.2 Å². The molecule has 2 aliphatic heterocycles. The van der Waals surface area contributed by atoms with E-state index >= 15 is 0 Å². The zero-order chi connectivity index (χ0) is 24.8. The summed E-state index contributed by atoms with van der Waals surface area (Å²) in [5.74, 6) is -0.827. The lowest BCUT2D eigenvalue weighted by Crippen LogP contribution is -2.47. The predicted molar refractivity (Wildman–Crippen MR) is 136 cm³/mol. The van der Waals surface area contributed by atoms with Gasteiger partial charge in [-0.25, -0.2) is 0 Å². The van der Waals surface area contributed by atoms with Crippen molar-refractivity contribution < 1.29 is 19.1 Å². The number of hydrogen-bond donors (Lipinski definition) is 1. The first-order valence-corrected chi connectivity index (χ1v) is 12.3. The van der Waals surface area contributed by atoms with Crippen molar-refractivity contribution in [2.24, 2.45) is 5.92 Å². The van der Waals surface area contributed by atoms with Crippen LogP contribution in [0.2, 0.25) is 5.02 Å². The molecule has 0 aromatic heterocycles. The number of nitrogens with zero attached hydrogens (tertiary/aromatic N) is 3. The normalized spacial score (nSPS) is 18.2. The highest BCUT2D eigenvalue weighted by atomic mass is 35.5. The van der Waals surface area contributed by atoms with Gasteiger partial charge in [-0.2, -0.15) is 0 Å². The van der Waals surface area contributed by atoms with Crippen molar-refractivity contribution >= 4 is 40.7 Å². The van der Waals surface area contributed by atoms with Crippen molar-refractivity contribution in [2.45, 2.75) is 12.8 Å². The summed E-state index contributed by atoms with van der Waals surface area (Å²) in [5.41, 5.74) is 2.33. The maximum atomic E-state index is 13.0. The highest BCUT2D eigenvalue weighted by molar-refractivity contribution is 6.30. The van der Waals surface area contributed by atoms with Crippen molar-refractivity contribution in [2.75, 3.05) is 63.2 Å². The number of rotatable bonds is 6. The molecule has 0 aliphatic carbocycles. The Bertz CT molecular complexity index is 1040. The lowest BCUT2D eigenvalue weighted by Gasteiger charge is -2.34. The van der Waals surface area contributed by atoms with Crippen LogP contribution >= 0.6 is 11.6 Å². The molecule has 0 bridgehead atoms. The SMILES string of the molecule is CN(CC(=O)Nc1ccc(N2CCOCC2)cc1)C(=O)[C@H]1CCCN(C(=O)c2ccc(Cl)cc2)C1. The zero-order valence-electron chi connectivity index (χ0n) is 19.9. The third kappa shape index (κ3) is 6.52. The molecule has 4 rings (SSSR count). The van der Waals surface area contributed by atoms with Crippen molar-refractivity contribution in [3.05, 3.63) is 59.1 Å². The number of likely N-dealkylation sites (N-methyl/N-ethyl adjacent to an activating group) is 1. The fourth-order valence-corrected chi connectivity index (χ4v) is 4.65. The van der Waals surface area contributed by atoms with Crippen LogP contribution in [0.4, 0.5) is 11.4 Å². The average Bonchev–Trinajstić information content (AvgIpc) is 2.89. The topological polar surface area (TPSA) is 82.2 Å². The molecule has 2 fully saturated rings. The molecule has 2 saturated heterocycles. The minimum Gasteiger partial charge on any atom is -0.378 e. The van der Waals surface area contributed by atoms with Crippen LogP contribution in [0.5, 0.6) is 0 Å². The van der Waals surface area contributed by atoms with Gasteiger partial charge in [0.15, 0.2) is 0 Å². The Hall–Kier alpha value is -3.10. The number of hydrogen-bond acceptors (Lipinski definition) is 5. The Morgan fingerprint density at radius 3 is 2.40 bits per heavy atom. The molecule has 1 N–H and O–H groups in total. The van der Waals surface area contributed by atoms with E-state index in [9.17, 15) is 14.4 Å². The molecule has 0 radical (unpaired) electrons. The number of anilines is 2. The van der Waals surface area contributed by atoms with E-state index in [1.807, 2.05) is 24.3 Å². The predicted octanol–water partition coefficient (Wildman–Crippen LogP) is 3.13. The first kappa shape index (κ1) is 25.0. The Morgan fingerprint density at radius 2 is 1.71 bits per heavy atom. The fourth-order valence-electron chi connectivity index (χ4n) is 4.52. The van der Waals surface area contributed by atoms with Gasteiger partial charge in [0.1, 0.15) is 0 Å². The summed E-state index contributed by atoms with van der Waals surface area (Å²) in [6.45, 7) is 4.03. The van der Waals surface area contributed by atoms with Gasteiger partial charge >= 0.3 is 0 Å². The second-order valence-corrected chi connectivity index (χ2v) is 9.42. The maximum absolute atomic E-state index is 13.0. The van der Waals surface area contributed by atoms with Crippen LogP contribution in [0.3, 0.4) is 0 Å². The number of benzene rings is 2. The van der Waals surface area contributed by atoms with Crippen LogP contribution in [0.25, 0.3) is 0 Å². The minimum absolute atomic E-state index is 0.0499. The first-order valence-electron chi connectivity index (χ1n) is 11.9.